The summed E-state index contributed by atoms with van der Waals surface area (Å²) in [6.07, 6.45) is 36.5. The van der Waals surface area contributed by atoms with Gasteiger partial charge in [0.1, 0.15) is 37.9 Å². The number of ether oxygens (including phenoxy) is 9. The van der Waals surface area contributed by atoms with Crippen molar-refractivity contribution >= 4 is 47.9 Å². The van der Waals surface area contributed by atoms with Crippen molar-refractivity contribution in [1.29, 1.82) is 0 Å². The third-order valence-corrected chi connectivity index (χ3v) is 16.6. The van der Waals surface area contributed by atoms with Crippen LogP contribution in [0.4, 0.5) is 0 Å². The quantitative estimate of drug-likeness (QED) is 0.0170. The third kappa shape index (κ3) is 40.8. The van der Waals surface area contributed by atoms with E-state index in [-0.39, 0.29) is 57.8 Å². The molecule has 0 aliphatic rings. The first kappa shape index (κ1) is 84.7. The van der Waals surface area contributed by atoms with E-state index in [2.05, 4.69) is 40.2 Å². The third-order valence-electron chi connectivity index (χ3n) is 16.6. The number of esters is 7. The molecule has 0 amide bonds. The van der Waals surface area contributed by atoms with Crippen LogP contribution in [0.25, 0.3) is 17.2 Å². The molecule has 0 spiro atoms. The van der Waals surface area contributed by atoms with Crippen molar-refractivity contribution in [3.63, 3.8) is 0 Å². The molecule has 0 radical (unpaired) electrons. The van der Waals surface area contributed by atoms with Gasteiger partial charge in [0, 0.05) is 62.4 Å². The van der Waals surface area contributed by atoms with Gasteiger partial charge < -0.3 is 42.6 Å². The average Bonchev–Trinajstić information content (AvgIpc) is 1.14. The molecule has 0 saturated heterocycles. The maximum absolute atomic E-state index is 12.7. The van der Waals surface area contributed by atoms with Gasteiger partial charge in [-0.15, -0.1) is 0 Å². The molecule has 16 heteroatoms. The molecule has 532 valence electrons. The summed E-state index contributed by atoms with van der Waals surface area (Å²) in [5.41, 5.74) is 2.81. The van der Waals surface area contributed by atoms with E-state index in [9.17, 15) is 33.6 Å². The second-order valence-electron chi connectivity index (χ2n) is 24.9. The minimum absolute atomic E-state index is 0.0849. The Kier molecular flexibility index (Phi) is 47.3. The Labute approximate surface area is 575 Å². The molecule has 0 aliphatic heterocycles. The van der Waals surface area contributed by atoms with Gasteiger partial charge >= 0.3 is 41.8 Å². The smallest absolute Gasteiger partial charge is 0.338 e. The molecule has 3 aromatic rings. The van der Waals surface area contributed by atoms with Gasteiger partial charge in [-0.2, -0.15) is 0 Å². The number of unbranched alkanes of at least 4 members (excludes halogenated alkanes) is 21. The molecule has 2 atom stereocenters. The van der Waals surface area contributed by atoms with Crippen LogP contribution < -0.4 is 9.47 Å². The maximum atomic E-state index is 12.7. The van der Waals surface area contributed by atoms with E-state index in [0.29, 0.717) is 75.6 Å². The standard InChI is InChI=1S/C50H90O10.C30H26O6/c1-7-13-15-17-19-21-23-25-29-33-37-55-39-49(11-5,41-57-45(51)9-3)43-59-47(53)35-31-27-28-32-36-48(54)60-44-50(12-6,42-58-46(52)10-4)40-56-38-34-30-26-24-22-20-18-16-14-8-2;1-4-28(31)34-20-19-23-7-14-26(15-8-23)35-29(32)18-9-22-5-10-24(11-6-22)25-12-16-27(17-13-25)36-30(33)21(2)3/h9-10H,3-4,7-8,11-44H2,1-2,5-6H3;4-18H,1-2,19-20H2,3H3/b;18-9+. The van der Waals surface area contributed by atoms with Crippen LogP contribution in [0.3, 0.4) is 0 Å². The minimum atomic E-state index is -0.630. The Morgan fingerprint density at radius 2 is 0.760 bits per heavy atom. The molecule has 0 N–H and O–H groups in total. The van der Waals surface area contributed by atoms with Crippen molar-refractivity contribution in [3.8, 4) is 22.6 Å². The fourth-order valence-corrected chi connectivity index (χ4v) is 9.96. The largest absolute Gasteiger partial charge is 0.465 e. The lowest BCUT2D eigenvalue weighted by atomic mass is 9.88. The van der Waals surface area contributed by atoms with Gasteiger partial charge in [-0.25, -0.2) is 24.0 Å². The summed E-state index contributed by atoms with van der Waals surface area (Å²) in [6.45, 7) is 26.5. The SMILES string of the molecule is C=CC(=O)OCC(CC)(COCCCCCCCCCCCC)COC(=O)CCCCCCC(=O)OCC(CC)(COCCCCCCCCCCCC)COC(=O)C=C.C=CC(=O)OCCc1ccc(OC(=O)/C=C/c2ccc(-c3ccc(OC(=O)C(=C)C)cc3)cc2)cc1. The van der Waals surface area contributed by atoms with Crippen LogP contribution in [0.2, 0.25) is 0 Å². The van der Waals surface area contributed by atoms with Crippen LogP contribution in [0.5, 0.6) is 11.5 Å². The Hall–Kier alpha value is -7.43. The Morgan fingerprint density at radius 3 is 1.17 bits per heavy atom. The highest BCUT2D eigenvalue weighted by Crippen LogP contribution is 2.28. The fourth-order valence-electron chi connectivity index (χ4n) is 9.96. The second kappa shape index (κ2) is 53.7. The number of hydrogen-bond acceptors (Lipinski definition) is 16. The lowest BCUT2D eigenvalue weighted by Crippen LogP contribution is -2.38. The molecule has 0 saturated carbocycles. The summed E-state index contributed by atoms with van der Waals surface area (Å²) in [5.74, 6) is -2.18. The van der Waals surface area contributed by atoms with Crippen LogP contribution >= 0.6 is 0 Å². The highest BCUT2D eigenvalue weighted by atomic mass is 16.6. The fraction of sp³-hybridized carbons (Fsp3) is 0.562. The molecule has 3 rings (SSSR count). The van der Waals surface area contributed by atoms with Gasteiger partial charge in [0.05, 0.1) is 30.7 Å². The topological polar surface area (TPSA) is 203 Å². The predicted octanol–water partition coefficient (Wildman–Crippen LogP) is 18.3. The molecule has 2 unspecified atom stereocenters. The molecule has 3 aromatic carbocycles. The first-order valence-electron chi connectivity index (χ1n) is 35.4. The zero-order valence-electron chi connectivity index (χ0n) is 59.0. The summed E-state index contributed by atoms with van der Waals surface area (Å²) in [4.78, 5) is 84.1. The molecular formula is C80H116O16. The first-order valence-corrected chi connectivity index (χ1v) is 35.4. The molecule has 0 bridgehead atoms. The monoisotopic (exact) mass is 1330 g/mol. The Balaban J connectivity index is 0.000000735. The van der Waals surface area contributed by atoms with Gasteiger partial charge in [-0.1, -0.05) is 231 Å². The van der Waals surface area contributed by atoms with E-state index in [1.807, 2.05) is 62.4 Å². The van der Waals surface area contributed by atoms with Crippen LogP contribution in [0.15, 0.2) is 129 Å². The van der Waals surface area contributed by atoms with Crippen molar-refractivity contribution in [1.82, 2.24) is 0 Å². The van der Waals surface area contributed by atoms with E-state index < -0.39 is 40.7 Å². The highest BCUT2D eigenvalue weighted by Gasteiger charge is 2.34. The van der Waals surface area contributed by atoms with Crippen molar-refractivity contribution in [2.45, 2.75) is 221 Å². The number of carbonyl (C=O) groups is 7. The first-order chi connectivity index (χ1) is 46.5. The Morgan fingerprint density at radius 1 is 0.396 bits per heavy atom. The van der Waals surface area contributed by atoms with Crippen molar-refractivity contribution in [2.75, 3.05) is 59.5 Å². The molecule has 0 aromatic heterocycles. The highest BCUT2D eigenvalue weighted by molar-refractivity contribution is 5.89. The van der Waals surface area contributed by atoms with Gasteiger partial charge in [0.25, 0.3) is 0 Å². The maximum Gasteiger partial charge on any atom is 0.338 e. The summed E-state index contributed by atoms with van der Waals surface area (Å²) in [6, 6.07) is 21.8. The molecule has 16 nitrogen and oxygen atoms in total. The Bertz CT molecular complexity index is 2650. The molecular weight excluding hydrogens is 1220 g/mol. The predicted molar refractivity (Wildman–Crippen MR) is 381 cm³/mol. The lowest BCUT2D eigenvalue weighted by Gasteiger charge is -2.31. The minimum Gasteiger partial charge on any atom is -0.465 e. The van der Waals surface area contributed by atoms with E-state index >= 15 is 0 Å². The van der Waals surface area contributed by atoms with E-state index in [0.717, 1.165) is 79.0 Å². The number of carbonyl (C=O) groups excluding carboxylic acids is 7. The lowest BCUT2D eigenvalue weighted by molar-refractivity contribution is -0.157. The van der Waals surface area contributed by atoms with Crippen LogP contribution in [0.1, 0.15) is 226 Å². The average molecular weight is 1330 g/mol. The molecule has 96 heavy (non-hydrogen) atoms. The van der Waals surface area contributed by atoms with Crippen LogP contribution in [-0.2, 0) is 73.1 Å². The summed E-state index contributed by atoms with van der Waals surface area (Å²) in [5, 5.41) is 0. The second-order valence-corrected chi connectivity index (χ2v) is 24.9. The zero-order valence-corrected chi connectivity index (χ0v) is 59.0. The van der Waals surface area contributed by atoms with Crippen LogP contribution in [0, 0.1) is 10.8 Å². The summed E-state index contributed by atoms with van der Waals surface area (Å²) >= 11 is 0. The number of benzene rings is 3. The van der Waals surface area contributed by atoms with Crippen molar-refractivity contribution in [3.05, 3.63) is 140 Å². The summed E-state index contributed by atoms with van der Waals surface area (Å²) < 4.78 is 49.8. The van der Waals surface area contributed by atoms with Gasteiger partial charge in [0.2, 0.25) is 0 Å². The molecule has 0 fully saturated rings. The van der Waals surface area contributed by atoms with Crippen molar-refractivity contribution < 1.29 is 76.2 Å². The zero-order chi connectivity index (χ0) is 70.3. The summed E-state index contributed by atoms with van der Waals surface area (Å²) in [7, 11) is 0. The number of hydrogen-bond donors (Lipinski definition) is 0. The van der Waals surface area contributed by atoms with Gasteiger partial charge in [-0.05, 0) is 98.0 Å². The van der Waals surface area contributed by atoms with E-state index in [4.69, 9.17) is 42.6 Å². The van der Waals surface area contributed by atoms with Gasteiger partial charge in [0.15, 0.2) is 0 Å². The molecule has 0 aliphatic carbocycles. The normalized spacial score (nSPS) is 12.2. The number of rotatable bonds is 55. The van der Waals surface area contributed by atoms with Crippen LogP contribution in [-0.4, -0.2) is 101 Å². The van der Waals surface area contributed by atoms with Crippen molar-refractivity contribution in [2.24, 2.45) is 10.8 Å². The van der Waals surface area contributed by atoms with E-state index in [1.54, 1.807) is 37.3 Å². The molecule has 0 heterocycles. The van der Waals surface area contributed by atoms with Gasteiger partial charge in [-0.3, -0.25) is 9.59 Å². The van der Waals surface area contributed by atoms with E-state index in [1.165, 1.54) is 109 Å².